The van der Waals surface area contributed by atoms with E-state index in [2.05, 4.69) is 12.2 Å². The van der Waals surface area contributed by atoms with Crippen LogP contribution in [0, 0.1) is 5.92 Å². The number of hydrogen-bond acceptors (Lipinski definition) is 2. The maximum Gasteiger partial charge on any atom is 0.214 e. The van der Waals surface area contributed by atoms with Gasteiger partial charge >= 0.3 is 0 Å². The molecule has 1 heterocycles. The van der Waals surface area contributed by atoms with Crippen molar-refractivity contribution in [2.24, 2.45) is 5.92 Å². The van der Waals surface area contributed by atoms with Gasteiger partial charge in [-0.05, 0) is 25.7 Å². The molecule has 0 aromatic rings. The van der Waals surface area contributed by atoms with Crippen molar-refractivity contribution in [2.75, 3.05) is 38.5 Å². The molecule has 1 atom stereocenters. The van der Waals surface area contributed by atoms with Crippen LogP contribution in [-0.2, 0) is 10.0 Å². The maximum absolute atomic E-state index is 12.0. The van der Waals surface area contributed by atoms with E-state index in [-0.39, 0.29) is 0 Å². The largest absolute Gasteiger partial charge is 0.333 e. The van der Waals surface area contributed by atoms with Crippen molar-refractivity contribution in [1.29, 1.82) is 0 Å². The summed E-state index contributed by atoms with van der Waals surface area (Å²) in [7, 11) is -2.98. The number of allylic oxidation sites excluding steroid dienone is 2. The molecule has 5 heteroatoms. The summed E-state index contributed by atoms with van der Waals surface area (Å²) in [6.07, 6.45) is 9.02. The molecule has 2 rings (SSSR count). The molecular formula is C14H27N2O2S+. The third-order valence-electron chi connectivity index (χ3n) is 4.24. The molecule has 0 unspecified atom stereocenters. The van der Waals surface area contributed by atoms with Crippen molar-refractivity contribution < 1.29 is 13.3 Å². The molecule has 1 aliphatic heterocycles. The maximum atomic E-state index is 12.0. The van der Waals surface area contributed by atoms with E-state index in [1.165, 1.54) is 25.8 Å². The van der Waals surface area contributed by atoms with Crippen molar-refractivity contribution in [3.05, 3.63) is 12.2 Å². The van der Waals surface area contributed by atoms with Crippen LogP contribution in [0.15, 0.2) is 12.2 Å². The van der Waals surface area contributed by atoms with Crippen LogP contribution in [0.2, 0.25) is 0 Å². The van der Waals surface area contributed by atoms with Crippen LogP contribution >= 0.6 is 0 Å². The molecule has 0 aromatic carbocycles. The zero-order valence-electron chi connectivity index (χ0n) is 12.0. The molecule has 0 amide bonds. The standard InChI is InChI=1S/C14H26N2O2S/c1-2-12-19(17,18)16-10-8-15(9-11-16)13-14-6-4-3-5-7-14/h3-4,14H,2,5-13H2,1H3/p+1/t14-/m0/s1. The Morgan fingerprint density at radius 1 is 1.26 bits per heavy atom. The molecule has 1 N–H and O–H groups in total. The van der Waals surface area contributed by atoms with Crippen LogP contribution in [0.5, 0.6) is 0 Å². The van der Waals surface area contributed by atoms with Crippen molar-refractivity contribution in [3.63, 3.8) is 0 Å². The average Bonchev–Trinajstić information content (AvgIpc) is 2.40. The summed E-state index contributed by atoms with van der Waals surface area (Å²) in [6, 6.07) is 0. The second kappa shape index (κ2) is 6.86. The lowest BCUT2D eigenvalue weighted by atomic mass is 9.94. The Balaban J connectivity index is 1.77. The SMILES string of the molecule is CCCS(=O)(=O)N1CC[NH+](C[C@H]2CC=CCC2)CC1. The summed E-state index contributed by atoms with van der Waals surface area (Å²) in [6.45, 7) is 6.51. The number of nitrogens with zero attached hydrogens (tertiary/aromatic N) is 1. The predicted octanol–water partition coefficient (Wildman–Crippen LogP) is 0.283. The van der Waals surface area contributed by atoms with E-state index in [0.717, 1.165) is 19.0 Å². The Bertz CT molecular complexity index is 398. The lowest BCUT2D eigenvalue weighted by Crippen LogP contribution is -3.15. The number of piperazine rings is 1. The molecule has 0 bridgehead atoms. The molecule has 1 saturated heterocycles. The fraction of sp³-hybridized carbons (Fsp3) is 0.857. The van der Waals surface area contributed by atoms with Crippen LogP contribution in [0.1, 0.15) is 32.6 Å². The number of rotatable bonds is 5. The highest BCUT2D eigenvalue weighted by Crippen LogP contribution is 2.16. The van der Waals surface area contributed by atoms with Crippen LogP contribution in [-0.4, -0.2) is 51.2 Å². The van der Waals surface area contributed by atoms with Gasteiger partial charge in [0.2, 0.25) is 10.0 Å². The Kier molecular flexibility index (Phi) is 5.42. The molecule has 1 fully saturated rings. The second-order valence-electron chi connectivity index (χ2n) is 5.82. The van der Waals surface area contributed by atoms with Gasteiger partial charge in [-0.3, -0.25) is 0 Å². The first-order valence-corrected chi connectivity index (χ1v) is 9.19. The number of quaternary nitrogens is 1. The van der Waals surface area contributed by atoms with Gasteiger partial charge < -0.3 is 4.90 Å². The van der Waals surface area contributed by atoms with Gasteiger partial charge in [-0.25, -0.2) is 8.42 Å². The van der Waals surface area contributed by atoms with Gasteiger partial charge in [0.05, 0.1) is 38.5 Å². The topological polar surface area (TPSA) is 41.8 Å². The molecule has 0 saturated carbocycles. The van der Waals surface area contributed by atoms with Gasteiger partial charge in [-0.2, -0.15) is 4.31 Å². The van der Waals surface area contributed by atoms with Crippen molar-refractivity contribution in [1.82, 2.24) is 4.31 Å². The minimum Gasteiger partial charge on any atom is -0.333 e. The number of hydrogen-bond donors (Lipinski definition) is 1. The highest BCUT2D eigenvalue weighted by molar-refractivity contribution is 7.89. The third kappa shape index (κ3) is 4.29. The Labute approximate surface area is 117 Å². The monoisotopic (exact) mass is 287 g/mol. The molecule has 4 nitrogen and oxygen atoms in total. The average molecular weight is 287 g/mol. The molecule has 0 spiro atoms. The van der Waals surface area contributed by atoms with Crippen molar-refractivity contribution in [3.8, 4) is 0 Å². The van der Waals surface area contributed by atoms with Crippen LogP contribution in [0.25, 0.3) is 0 Å². The summed E-state index contributed by atoms with van der Waals surface area (Å²) in [5, 5.41) is 0. The summed E-state index contributed by atoms with van der Waals surface area (Å²) in [5.41, 5.74) is 0. The molecule has 0 radical (unpaired) electrons. The zero-order chi connectivity index (χ0) is 13.7. The Morgan fingerprint density at radius 3 is 2.58 bits per heavy atom. The van der Waals surface area contributed by atoms with Crippen LogP contribution in [0.3, 0.4) is 0 Å². The summed E-state index contributed by atoms with van der Waals surface area (Å²) < 4.78 is 25.7. The Hall–Kier alpha value is -0.390. The number of sulfonamides is 1. The minimum absolute atomic E-state index is 0.301. The number of nitrogens with one attached hydrogen (secondary N) is 1. The summed E-state index contributed by atoms with van der Waals surface area (Å²) in [5.74, 6) is 1.11. The summed E-state index contributed by atoms with van der Waals surface area (Å²) in [4.78, 5) is 1.59. The first kappa shape index (κ1) is 15.0. The Morgan fingerprint density at radius 2 is 2.00 bits per heavy atom. The fourth-order valence-corrected chi connectivity index (χ4v) is 4.63. The highest BCUT2D eigenvalue weighted by atomic mass is 32.2. The van der Waals surface area contributed by atoms with Gasteiger partial charge in [0.1, 0.15) is 0 Å². The second-order valence-corrected chi connectivity index (χ2v) is 7.91. The lowest BCUT2D eigenvalue weighted by Gasteiger charge is -2.33. The van der Waals surface area contributed by atoms with Gasteiger partial charge in [0.25, 0.3) is 0 Å². The molecule has 110 valence electrons. The molecule has 0 aromatic heterocycles. The van der Waals surface area contributed by atoms with Gasteiger partial charge in [0, 0.05) is 5.92 Å². The van der Waals surface area contributed by atoms with Crippen molar-refractivity contribution >= 4 is 10.0 Å². The smallest absolute Gasteiger partial charge is 0.214 e. The van der Waals surface area contributed by atoms with E-state index in [1.54, 1.807) is 9.21 Å². The highest BCUT2D eigenvalue weighted by Gasteiger charge is 2.29. The van der Waals surface area contributed by atoms with E-state index in [1.807, 2.05) is 6.92 Å². The quantitative estimate of drug-likeness (QED) is 0.738. The third-order valence-corrected chi connectivity index (χ3v) is 6.32. The normalized spacial score (nSPS) is 26.7. The van der Waals surface area contributed by atoms with Gasteiger partial charge in [0.15, 0.2) is 0 Å². The first-order valence-electron chi connectivity index (χ1n) is 7.58. The zero-order valence-corrected chi connectivity index (χ0v) is 12.8. The van der Waals surface area contributed by atoms with Crippen molar-refractivity contribution in [2.45, 2.75) is 32.6 Å². The van der Waals surface area contributed by atoms with Crippen LogP contribution in [0.4, 0.5) is 0 Å². The minimum atomic E-state index is -2.98. The van der Waals surface area contributed by atoms with Gasteiger partial charge in [-0.15, -0.1) is 0 Å². The predicted molar refractivity (Wildman–Crippen MR) is 77.7 cm³/mol. The fourth-order valence-electron chi connectivity index (χ4n) is 3.12. The first-order chi connectivity index (χ1) is 9.12. The molecule has 2 aliphatic rings. The lowest BCUT2D eigenvalue weighted by molar-refractivity contribution is -0.907. The van der Waals surface area contributed by atoms with E-state index >= 15 is 0 Å². The van der Waals surface area contributed by atoms with Gasteiger partial charge in [-0.1, -0.05) is 19.1 Å². The molecule has 19 heavy (non-hydrogen) atoms. The van der Waals surface area contributed by atoms with Crippen LogP contribution < -0.4 is 4.90 Å². The van der Waals surface area contributed by atoms with E-state index in [0.29, 0.717) is 25.3 Å². The molecular weight excluding hydrogens is 260 g/mol. The molecule has 1 aliphatic carbocycles. The van der Waals surface area contributed by atoms with E-state index < -0.39 is 10.0 Å². The summed E-state index contributed by atoms with van der Waals surface area (Å²) >= 11 is 0. The van der Waals surface area contributed by atoms with E-state index in [9.17, 15) is 8.42 Å². The van der Waals surface area contributed by atoms with E-state index in [4.69, 9.17) is 0 Å².